The van der Waals surface area contributed by atoms with Gasteiger partial charge in [0.25, 0.3) is 0 Å². The lowest BCUT2D eigenvalue weighted by Gasteiger charge is -2.28. The van der Waals surface area contributed by atoms with Gasteiger partial charge < -0.3 is 4.90 Å². The molecule has 1 aromatic heterocycles. The molecule has 0 N–H and O–H groups in total. The summed E-state index contributed by atoms with van der Waals surface area (Å²) >= 11 is 3.38. The molecule has 1 saturated heterocycles. The van der Waals surface area contributed by atoms with Gasteiger partial charge in [-0.3, -0.25) is 0 Å². The van der Waals surface area contributed by atoms with Gasteiger partial charge in [-0.15, -0.1) is 0 Å². The molecule has 6 heteroatoms. The van der Waals surface area contributed by atoms with Gasteiger partial charge in [0.1, 0.15) is 5.82 Å². The van der Waals surface area contributed by atoms with Crippen molar-refractivity contribution in [1.29, 1.82) is 0 Å². The molecule has 1 aromatic rings. The van der Waals surface area contributed by atoms with E-state index in [1.807, 2.05) is 0 Å². The van der Waals surface area contributed by atoms with Gasteiger partial charge in [-0.25, -0.2) is 4.98 Å². The Bertz CT molecular complexity index is 422. The standard InChI is InChI=1S/C12H14BrF3N2/c1-8-4-6-18(10(8)7-13)11-9(12(14,15)16)3-2-5-17-11/h2-3,5,8,10H,4,6-7H2,1H3. The van der Waals surface area contributed by atoms with E-state index in [4.69, 9.17) is 0 Å². The van der Waals surface area contributed by atoms with E-state index in [2.05, 4.69) is 27.8 Å². The Morgan fingerprint density at radius 3 is 2.83 bits per heavy atom. The van der Waals surface area contributed by atoms with E-state index >= 15 is 0 Å². The molecule has 100 valence electrons. The summed E-state index contributed by atoms with van der Waals surface area (Å²) < 4.78 is 38.9. The van der Waals surface area contributed by atoms with Crippen LogP contribution in [0.5, 0.6) is 0 Å². The minimum absolute atomic E-state index is 0.0544. The maximum Gasteiger partial charge on any atom is 0.419 e. The Morgan fingerprint density at radius 2 is 2.22 bits per heavy atom. The fraction of sp³-hybridized carbons (Fsp3) is 0.583. The van der Waals surface area contributed by atoms with Crippen molar-refractivity contribution in [2.75, 3.05) is 16.8 Å². The first kappa shape index (κ1) is 13.6. The van der Waals surface area contributed by atoms with Crippen molar-refractivity contribution in [1.82, 2.24) is 4.98 Å². The van der Waals surface area contributed by atoms with Crippen molar-refractivity contribution < 1.29 is 13.2 Å². The molecule has 2 rings (SSSR count). The summed E-state index contributed by atoms with van der Waals surface area (Å²) in [6, 6.07) is 2.49. The highest BCUT2D eigenvalue weighted by molar-refractivity contribution is 9.09. The first-order valence-corrected chi connectivity index (χ1v) is 6.92. The zero-order valence-corrected chi connectivity index (χ0v) is 11.5. The molecule has 2 heterocycles. The molecular formula is C12H14BrF3N2. The highest BCUT2D eigenvalue weighted by atomic mass is 79.9. The van der Waals surface area contributed by atoms with Crippen molar-refractivity contribution in [3.8, 4) is 0 Å². The lowest BCUT2D eigenvalue weighted by molar-refractivity contribution is -0.137. The lowest BCUT2D eigenvalue weighted by atomic mass is 10.1. The molecular weight excluding hydrogens is 309 g/mol. The van der Waals surface area contributed by atoms with Crippen LogP contribution in [0, 0.1) is 5.92 Å². The van der Waals surface area contributed by atoms with Gasteiger partial charge in [0.15, 0.2) is 0 Å². The van der Waals surface area contributed by atoms with Crippen LogP contribution in [0.2, 0.25) is 0 Å². The fourth-order valence-corrected chi connectivity index (χ4v) is 3.34. The van der Waals surface area contributed by atoms with Gasteiger partial charge in [0, 0.05) is 24.1 Å². The van der Waals surface area contributed by atoms with E-state index in [1.54, 1.807) is 4.90 Å². The second-order valence-electron chi connectivity index (χ2n) is 4.55. The second-order valence-corrected chi connectivity index (χ2v) is 5.20. The largest absolute Gasteiger partial charge is 0.419 e. The normalized spacial score (nSPS) is 24.6. The Kier molecular flexibility index (Phi) is 3.84. The van der Waals surface area contributed by atoms with Gasteiger partial charge in [-0.05, 0) is 24.5 Å². The molecule has 0 bridgehead atoms. The number of alkyl halides is 4. The minimum atomic E-state index is -4.35. The van der Waals surface area contributed by atoms with Gasteiger partial charge >= 0.3 is 6.18 Å². The number of anilines is 1. The number of nitrogens with zero attached hydrogens (tertiary/aromatic N) is 2. The molecule has 2 unspecified atom stereocenters. The van der Waals surface area contributed by atoms with Gasteiger partial charge in [-0.2, -0.15) is 13.2 Å². The number of hydrogen-bond acceptors (Lipinski definition) is 2. The summed E-state index contributed by atoms with van der Waals surface area (Å²) in [6.07, 6.45) is -2.05. The van der Waals surface area contributed by atoms with Crippen LogP contribution in [-0.2, 0) is 6.18 Å². The van der Waals surface area contributed by atoms with E-state index < -0.39 is 11.7 Å². The quantitative estimate of drug-likeness (QED) is 0.772. The molecule has 2 nitrogen and oxygen atoms in total. The number of aromatic nitrogens is 1. The summed E-state index contributed by atoms with van der Waals surface area (Å²) in [4.78, 5) is 5.71. The highest BCUT2D eigenvalue weighted by Crippen LogP contribution is 2.38. The maximum absolute atomic E-state index is 13.0. The topological polar surface area (TPSA) is 16.1 Å². The summed E-state index contributed by atoms with van der Waals surface area (Å²) in [7, 11) is 0. The molecule has 0 amide bonds. The molecule has 0 aliphatic carbocycles. The van der Waals surface area contributed by atoms with Crippen LogP contribution in [0.15, 0.2) is 18.3 Å². The predicted molar refractivity (Wildman–Crippen MR) is 67.9 cm³/mol. The molecule has 1 fully saturated rings. The SMILES string of the molecule is CC1CCN(c2ncccc2C(F)(F)F)C1CBr. The van der Waals surface area contributed by atoms with E-state index in [0.717, 1.165) is 12.5 Å². The van der Waals surface area contributed by atoms with E-state index in [9.17, 15) is 13.2 Å². The summed E-state index contributed by atoms with van der Waals surface area (Å²) in [6.45, 7) is 2.68. The lowest BCUT2D eigenvalue weighted by Crippen LogP contribution is -2.35. The summed E-state index contributed by atoms with van der Waals surface area (Å²) in [5.74, 6) is 0.422. The molecule has 0 radical (unpaired) electrons. The smallest absolute Gasteiger partial charge is 0.352 e. The number of hydrogen-bond donors (Lipinski definition) is 0. The van der Waals surface area contributed by atoms with Crippen molar-refractivity contribution in [2.24, 2.45) is 5.92 Å². The third kappa shape index (κ3) is 2.48. The van der Waals surface area contributed by atoms with E-state index in [-0.39, 0.29) is 11.9 Å². The molecule has 0 aromatic carbocycles. The molecule has 0 spiro atoms. The summed E-state index contributed by atoms with van der Waals surface area (Å²) in [5.41, 5.74) is -0.648. The van der Waals surface area contributed by atoms with Crippen LogP contribution in [0.3, 0.4) is 0 Å². The first-order valence-electron chi connectivity index (χ1n) is 5.80. The summed E-state index contributed by atoms with van der Waals surface area (Å²) in [5, 5.41) is 0.655. The zero-order chi connectivity index (χ0) is 13.3. The minimum Gasteiger partial charge on any atom is -0.352 e. The highest BCUT2D eigenvalue weighted by Gasteiger charge is 2.39. The molecule has 18 heavy (non-hydrogen) atoms. The van der Waals surface area contributed by atoms with Gasteiger partial charge in [0.2, 0.25) is 0 Å². The van der Waals surface area contributed by atoms with Crippen molar-refractivity contribution in [3.63, 3.8) is 0 Å². The van der Waals surface area contributed by atoms with Crippen molar-refractivity contribution in [3.05, 3.63) is 23.9 Å². The third-order valence-electron chi connectivity index (χ3n) is 3.40. The van der Waals surface area contributed by atoms with Crippen molar-refractivity contribution >= 4 is 21.7 Å². The average Bonchev–Trinajstić information content (AvgIpc) is 2.69. The Balaban J connectivity index is 2.39. The Morgan fingerprint density at radius 1 is 1.50 bits per heavy atom. The molecule has 2 atom stereocenters. The molecule has 0 saturated carbocycles. The van der Waals surface area contributed by atoms with Crippen molar-refractivity contribution in [2.45, 2.75) is 25.6 Å². The predicted octanol–water partition coefficient (Wildman–Crippen LogP) is 3.71. The fourth-order valence-electron chi connectivity index (χ4n) is 2.35. The van der Waals surface area contributed by atoms with Crippen LogP contribution in [0.25, 0.3) is 0 Å². The van der Waals surface area contributed by atoms with E-state index in [0.29, 0.717) is 17.8 Å². The number of halogens is 4. The van der Waals surface area contributed by atoms with E-state index in [1.165, 1.54) is 12.3 Å². The Hall–Kier alpha value is -0.780. The second kappa shape index (κ2) is 5.07. The van der Waals surface area contributed by atoms with Crippen LogP contribution in [0.4, 0.5) is 19.0 Å². The van der Waals surface area contributed by atoms with Gasteiger partial charge in [-0.1, -0.05) is 22.9 Å². The molecule has 1 aliphatic heterocycles. The monoisotopic (exact) mass is 322 g/mol. The number of rotatable bonds is 2. The van der Waals surface area contributed by atoms with Crippen LogP contribution >= 0.6 is 15.9 Å². The molecule has 1 aliphatic rings. The number of pyridine rings is 1. The first-order chi connectivity index (χ1) is 8.45. The zero-order valence-electron chi connectivity index (χ0n) is 9.91. The van der Waals surface area contributed by atoms with Crippen LogP contribution < -0.4 is 4.90 Å². The average molecular weight is 323 g/mol. The maximum atomic E-state index is 13.0. The van der Waals surface area contributed by atoms with Crippen LogP contribution in [-0.4, -0.2) is 22.9 Å². The van der Waals surface area contributed by atoms with Gasteiger partial charge in [0.05, 0.1) is 5.56 Å². The van der Waals surface area contributed by atoms with Crippen LogP contribution in [0.1, 0.15) is 18.9 Å². The third-order valence-corrected chi connectivity index (χ3v) is 4.07. The Labute approximate surface area is 112 Å².